The zero-order valence-electron chi connectivity index (χ0n) is 14.2. The molecule has 0 unspecified atom stereocenters. The SMILES string of the molecule is O=C(O)C(=O)CC1CCCCC1.O=C(O)C(=O)CC1CCCCC1. The molecule has 2 aliphatic rings. The second-order valence-corrected chi connectivity index (χ2v) is 6.87. The zero-order chi connectivity index (χ0) is 17.9. The molecule has 24 heavy (non-hydrogen) atoms. The lowest BCUT2D eigenvalue weighted by molar-refractivity contribution is -0.149. The highest BCUT2D eigenvalue weighted by Crippen LogP contribution is 2.27. The predicted molar refractivity (Wildman–Crippen MR) is 87.7 cm³/mol. The molecule has 0 amide bonds. The lowest BCUT2D eigenvalue weighted by atomic mass is 9.86. The first-order chi connectivity index (χ1) is 11.4. The number of carbonyl (C=O) groups is 4. The van der Waals surface area contributed by atoms with E-state index in [0.29, 0.717) is 11.8 Å². The number of Topliss-reactive ketones (excluding diaryl/α,β-unsaturated/α-hetero) is 2. The minimum Gasteiger partial charge on any atom is -0.476 e. The van der Waals surface area contributed by atoms with Crippen molar-refractivity contribution in [2.24, 2.45) is 11.8 Å². The molecule has 2 rings (SSSR count). The van der Waals surface area contributed by atoms with Gasteiger partial charge in [-0.05, 0) is 11.8 Å². The van der Waals surface area contributed by atoms with Gasteiger partial charge in [-0.1, -0.05) is 64.2 Å². The number of ketones is 2. The average Bonchev–Trinajstić information content (AvgIpc) is 2.57. The molecule has 0 radical (unpaired) electrons. The van der Waals surface area contributed by atoms with Crippen molar-refractivity contribution in [2.75, 3.05) is 0 Å². The highest BCUT2D eigenvalue weighted by atomic mass is 16.4. The molecule has 2 N–H and O–H groups in total. The molecule has 2 saturated carbocycles. The van der Waals surface area contributed by atoms with Gasteiger partial charge in [0, 0.05) is 12.8 Å². The van der Waals surface area contributed by atoms with Crippen LogP contribution in [0.1, 0.15) is 77.0 Å². The van der Waals surface area contributed by atoms with Crippen molar-refractivity contribution in [1.29, 1.82) is 0 Å². The summed E-state index contributed by atoms with van der Waals surface area (Å²) in [5.41, 5.74) is 0. The van der Waals surface area contributed by atoms with Gasteiger partial charge in [-0.2, -0.15) is 0 Å². The molecule has 0 bridgehead atoms. The highest BCUT2D eigenvalue weighted by molar-refractivity contribution is 6.33. The summed E-state index contributed by atoms with van der Waals surface area (Å²) in [4.78, 5) is 42.1. The molecule has 0 heterocycles. The third kappa shape index (κ3) is 8.22. The average molecular weight is 340 g/mol. The Morgan fingerprint density at radius 2 is 0.875 bits per heavy atom. The van der Waals surface area contributed by atoms with E-state index in [4.69, 9.17) is 10.2 Å². The summed E-state index contributed by atoms with van der Waals surface area (Å²) in [6.45, 7) is 0. The van der Waals surface area contributed by atoms with Crippen LogP contribution in [-0.2, 0) is 19.2 Å². The molecule has 6 nitrogen and oxygen atoms in total. The largest absolute Gasteiger partial charge is 0.476 e. The van der Waals surface area contributed by atoms with Gasteiger partial charge in [0.1, 0.15) is 0 Å². The van der Waals surface area contributed by atoms with Gasteiger partial charge in [0.2, 0.25) is 11.6 Å². The van der Waals surface area contributed by atoms with Gasteiger partial charge >= 0.3 is 11.9 Å². The Labute approximate surface area is 142 Å². The van der Waals surface area contributed by atoms with Crippen LogP contribution < -0.4 is 0 Å². The predicted octanol–water partition coefficient (Wildman–Crippen LogP) is 3.22. The lowest BCUT2D eigenvalue weighted by Crippen LogP contribution is -2.18. The smallest absolute Gasteiger partial charge is 0.372 e. The number of aliphatic carboxylic acids is 2. The zero-order valence-corrected chi connectivity index (χ0v) is 14.2. The van der Waals surface area contributed by atoms with Crippen LogP contribution in [0.15, 0.2) is 0 Å². The number of rotatable bonds is 6. The molecule has 0 aromatic rings. The topological polar surface area (TPSA) is 109 Å². The maximum absolute atomic E-state index is 10.8. The van der Waals surface area contributed by atoms with E-state index >= 15 is 0 Å². The molecule has 2 fully saturated rings. The van der Waals surface area contributed by atoms with Crippen molar-refractivity contribution >= 4 is 23.5 Å². The van der Waals surface area contributed by atoms with Crippen LogP contribution in [-0.4, -0.2) is 33.7 Å². The fourth-order valence-electron chi connectivity index (χ4n) is 3.48. The molecule has 136 valence electrons. The fraction of sp³-hybridized carbons (Fsp3) is 0.778. The molecule has 0 aromatic heterocycles. The minimum atomic E-state index is -1.28. The normalized spacial score (nSPS) is 19.0. The summed E-state index contributed by atoms with van der Waals surface area (Å²) in [5.74, 6) is -3.13. The van der Waals surface area contributed by atoms with E-state index < -0.39 is 23.5 Å². The van der Waals surface area contributed by atoms with Crippen molar-refractivity contribution in [1.82, 2.24) is 0 Å². The van der Waals surface area contributed by atoms with Crippen molar-refractivity contribution in [3.63, 3.8) is 0 Å². The van der Waals surface area contributed by atoms with E-state index in [0.717, 1.165) is 51.4 Å². The molecule has 2 aliphatic carbocycles. The maximum atomic E-state index is 10.8. The summed E-state index contributed by atoms with van der Waals surface area (Å²) >= 11 is 0. The lowest BCUT2D eigenvalue weighted by Gasteiger charge is -2.19. The Hall–Kier alpha value is -1.72. The van der Waals surface area contributed by atoms with Gasteiger partial charge < -0.3 is 10.2 Å². The van der Waals surface area contributed by atoms with Gasteiger partial charge in [-0.15, -0.1) is 0 Å². The van der Waals surface area contributed by atoms with Gasteiger partial charge in [-0.25, -0.2) is 9.59 Å². The van der Waals surface area contributed by atoms with E-state index in [-0.39, 0.29) is 12.8 Å². The van der Waals surface area contributed by atoms with Crippen LogP contribution in [0.25, 0.3) is 0 Å². The first kappa shape index (κ1) is 20.3. The van der Waals surface area contributed by atoms with E-state index in [9.17, 15) is 19.2 Å². The standard InChI is InChI=1S/2C9H14O3/c2*10-8(9(11)12)6-7-4-2-1-3-5-7/h2*7H,1-6H2,(H,11,12). The Bertz CT molecular complexity index is 402. The minimum absolute atomic E-state index is 0.245. The number of carboxylic acids is 2. The summed E-state index contributed by atoms with van der Waals surface area (Å²) < 4.78 is 0. The van der Waals surface area contributed by atoms with Gasteiger partial charge in [-0.3, -0.25) is 9.59 Å². The molecule has 6 heteroatoms. The first-order valence-electron chi connectivity index (χ1n) is 8.92. The monoisotopic (exact) mass is 340 g/mol. The highest BCUT2D eigenvalue weighted by Gasteiger charge is 2.21. The number of carboxylic acid groups (broad SMARTS) is 2. The van der Waals surface area contributed by atoms with Crippen molar-refractivity contribution in [2.45, 2.75) is 77.0 Å². The summed E-state index contributed by atoms with van der Waals surface area (Å²) in [6, 6.07) is 0. The van der Waals surface area contributed by atoms with Crippen LogP contribution in [0, 0.1) is 11.8 Å². The molecular formula is C18H28O6. The van der Waals surface area contributed by atoms with Crippen LogP contribution in [0.2, 0.25) is 0 Å². The number of carbonyl (C=O) groups excluding carboxylic acids is 2. The van der Waals surface area contributed by atoms with Crippen LogP contribution in [0.4, 0.5) is 0 Å². The molecular weight excluding hydrogens is 312 g/mol. The van der Waals surface area contributed by atoms with Crippen LogP contribution >= 0.6 is 0 Å². The second kappa shape index (κ2) is 10.9. The van der Waals surface area contributed by atoms with E-state index in [1.54, 1.807) is 0 Å². The molecule has 0 atom stereocenters. The molecule has 0 saturated heterocycles. The number of hydrogen-bond acceptors (Lipinski definition) is 4. The number of hydrogen-bond donors (Lipinski definition) is 2. The Balaban J connectivity index is 0.000000240. The first-order valence-corrected chi connectivity index (χ1v) is 8.92. The van der Waals surface area contributed by atoms with Gasteiger partial charge in [0.15, 0.2) is 0 Å². The summed E-state index contributed by atoms with van der Waals surface area (Å²) in [7, 11) is 0. The molecule has 0 spiro atoms. The molecule has 0 aliphatic heterocycles. The van der Waals surface area contributed by atoms with E-state index in [2.05, 4.69) is 0 Å². The van der Waals surface area contributed by atoms with Crippen molar-refractivity contribution in [3.8, 4) is 0 Å². The quantitative estimate of drug-likeness (QED) is 0.719. The third-order valence-electron chi connectivity index (χ3n) is 4.87. The maximum Gasteiger partial charge on any atom is 0.372 e. The van der Waals surface area contributed by atoms with Gasteiger partial charge in [0.05, 0.1) is 0 Å². The van der Waals surface area contributed by atoms with Crippen molar-refractivity contribution in [3.05, 3.63) is 0 Å². The Morgan fingerprint density at radius 1 is 0.583 bits per heavy atom. The van der Waals surface area contributed by atoms with Crippen molar-refractivity contribution < 1.29 is 29.4 Å². The van der Waals surface area contributed by atoms with Gasteiger partial charge in [0.25, 0.3) is 0 Å². The fourth-order valence-corrected chi connectivity index (χ4v) is 3.48. The third-order valence-corrected chi connectivity index (χ3v) is 4.87. The van der Waals surface area contributed by atoms with Crippen LogP contribution in [0.5, 0.6) is 0 Å². The Kier molecular flexibility index (Phi) is 9.27. The summed E-state index contributed by atoms with van der Waals surface area (Å²) in [6.07, 6.45) is 11.7. The summed E-state index contributed by atoms with van der Waals surface area (Å²) in [5, 5.41) is 16.7. The Morgan fingerprint density at radius 3 is 1.12 bits per heavy atom. The van der Waals surface area contributed by atoms with Crippen LogP contribution in [0.3, 0.4) is 0 Å². The second-order valence-electron chi connectivity index (χ2n) is 6.87. The van der Waals surface area contributed by atoms with E-state index in [1.807, 2.05) is 0 Å². The van der Waals surface area contributed by atoms with E-state index in [1.165, 1.54) is 12.8 Å². The molecule has 0 aromatic carbocycles.